The first-order chi connectivity index (χ1) is 8.13. The minimum absolute atomic E-state index is 0.181. The maximum Gasteiger partial charge on any atom is 0.169 e. The molecule has 0 aliphatic rings. The van der Waals surface area contributed by atoms with Crippen LogP contribution in [0.1, 0.15) is 5.82 Å². The van der Waals surface area contributed by atoms with Crippen molar-refractivity contribution in [3.8, 4) is 5.75 Å². The molecule has 0 amide bonds. The average molecular weight is 290 g/mol. The molecule has 3 nitrogen and oxygen atoms in total. The lowest BCUT2D eigenvalue weighted by Crippen LogP contribution is -2.01. The SMILES string of the molecule is Clc1cccc(OCc2nc(Cl)cc(Cl)n2)c1. The highest BCUT2D eigenvalue weighted by Gasteiger charge is 2.03. The van der Waals surface area contributed by atoms with E-state index < -0.39 is 0 Å². The minimum Gasteiger partial charge on any atom is -0.486 e. The molecule has 1 aromatic heterocycles. The molecule has 2 aromatic rings. The number of nitrogens with zero attached hydrogens (tertiary/aromatic N) is 2. The lowest BCUT2D eigenvalue weighted by Gasteiger charge is -2.05. The predicted molar refractivity (Wildman–Crippen MR) is 67.8 cm³/mol. The van der Waals surface area contributed by atoms with Gasteiger partial charge in [-0.2, -0.15) is 0 Å². The summed E-state index contributed by atoms with van der Waals surface area (Å²) in [5, 5.41) is 1.18. The third-order valence-corrected chi connectivity index (χ3v) is 2.50. The monoisotopic (exact) mass is 288 g/mol. The molecule has 0 saturated heterocycles. The second kappa shape index (κ2) is 5.54. The van der Waals surface area contributed by atoms with Crippen molar-refractivity contribution in [3.05, 3.63) is 51.5 Å². The molecule has 6 heteroatoms. The van der Waals surface area contributed by atoms with Crippen LogP contribution in [0.3, 0.4) is 0 Å². The lowest BCUT2D eigenvalue weighted by molar-refractivity contribution is 0.296. The first-order valence-electron chi connectivity index (χ1n) is 4.71. The summed E-state index contributed by atoms with van der Waals surface area (Å²) in [6.07, 6.45) is 0. The molecule has 0 bridgehead atoms. The van der Waals surface area contributed by atoms with Gasteiger partial charge in [0.2, 0.25) is 0 Å². The molecule has 0 saturated carbocycles. The van der Waals surface area contributed by atoms with Crippen LogP contribution in [0, 0.1) is 0 Å². The van der Waals surface area contributed by atoms with Gasteiger partial charge >= 0.3 is 0 Å². The van der Waals surface area contributed by atoms with Gasteiger partial charge in [0.1, 0.15) is 22.7 Å². The summed E-state index contributed by atoms with van der Waals surface area (Å²) in [6.45, 7) is 0.181. The Morgan fingerprint density at radius 1 is 1.00 bits per heavy atom. The highest BCUT2D eigenvalue weighted by Crippen LogP contribution is 2.18. The normalized spacial score (nSPS) is 10.3. The molecule has 2 rings (SSSR count). The summed E-state index contributed by atoms with van der Waals surface area (Å²) < 4.78 is 5.46. The van der Waals surface area contributed by atoms with Crippen LogP contribution in [0.15, 0.2) is 30.3 Å². The molecule has 0 atom stereocenters. The summed E-state index contributed by atoms with van der Waals surface area (Å²) >= 11 is 17.3. The van der Waals surface area contributed by atoms with Gasteiger partial charge in [-0.3, -0.25) is 0 Å². The molecular formula is C11H7Cl3N2O. The van der Waals surface area contributed by atoms with Crippen LogP contribution in [0.25, 0.3) is 0 Å². The number of benzene rings is 1. The van der Waals surface area contributed by atoms with Crippen molar-refractivity contribution in [1.82, 2.24) is 9.97 Å². The van der Waals surface area contributed by atoms with Crippen LogP contribution in [-0.4, -0.2) is 9.97 Å². The van der Waals surface area contributed by atoms with Crippen molar-refractivity contribution in [1.29, 1.82) is 0 Å². The molecule has 17 heavy (non-hydrogen) atoms. The Kier molecular flexibility index (Phi) is 4.05. The van der Waals surface area contributed by atoms with Gasteiger partial charge in [0.15, 0.2) is 5.82 Å². The molecule has 0 spiro atoms. The second-order valence-corrected chi connectivity index (χ2v) is 4.39. The zero-order chi connectivity index (χ0) is 12.3. The molecule has 1 heterocycles. The highest BCUT2D eigenvalue weighted by atomic mass is 35.5. The molecular weight excluding hydrogens is 282 g/mol. The van der Waals surface area contributed by atoms with Crippen LogP contribution in [0.2, 0.25) is 15.3 Å². The van der Waals surface area contributed by atoms with Gasteiger partial charge in [0.25, 0.3) is 0 Å². The van der Waals surface area contributed by atoms with Crippen molar-refractivity contribution >= 4 is 34.8 Å². The molecule has 0 fully saturated rings. The van der Waals surface area contributed by atoms with E-state index in [1.165, 1.54) is 6.07 Å². The molecule has 88 valence electrons. The van der Waals surface area contributed by atoms with E-state index in [1.54, 1.807) is 24.3 Å². The topological polar surface area (TPSA) is 35.0 Å². The number of ether oxygens (including phenoxy) is 1. The van der Waals surface area contributed by atoms with Crippen molar-refractivity contribution in [2.24, 2.45) is 0 Å². The van der Waals surface area contributed by atoms with Crippen molar-refractivity contribution in [2.45, 2.75) is 6.61 Å². The summed E-state index contributed by atoms with van der Waals surface area (Å²) in [7, 11) is 0. The second-order valence-electron chi connectivity index (χ2n) is 3.18. The maximum atomic E-state index is 5.82. The van der Waals surface area contributed by atoms with Crippen LogP contribution >= 0.6 is 34.8 Å². The Bertz CT molecular complexity index is 514. The highest BCUT2D eigenvalue weighted by molar-refractivity contribution is 6.33. The number of hydrogen-bond acceptors (Lipinski definition) is 3. The van der Waals surface area contributed by atoms with E-state index in [2.05, 4.69) is 9.97 Å². The van der Waals surface area contributed by atoms with Gasteiger partial charge in [-0.15, -0.1) is 0 Å². The largest absolute Gasteiger partial charge is 0.486 e. The zero-order valence-electron chi connectivity index (χ0n) is 8.53. The van der Waals surface area contributed by atoms with Crippen LogP contribution in [0.4, 0.5) is 0 Å². The Balaban J connectivity index is 2.07. The fourth-order valence-electron chi connectivity index (χ4n) is 1.20. The van der Waals surface area contributed by atoms with Gasteiger partial charge in [-0.25, -0.2) is 9.97 Å². The first kappa shape index (κ1) is 12.4. The first-order valence-corrected chi connectivity index (χ1v) is 5.84. The summed E-state index contributed by atoms with van der Waals surface area (Å²) in [4.78, 5) is 7.97. The fraction of sp³-hybridized carbons (Fsp3) is 0.0909. The van der Waals surface area contributed by atoms with Crippen molar-refractivity contribution in [2.75, 3.05) is 0 Å². The molecule has 0 unspecified atom stereocenters. The summed E-state index contributed by atoms with van der Waals surface area (Å²) in [6, 6.07) is 8.52. The molecule has 1 aromatic carbocycles. The lowest BCUT2D eigenvalue weighted by atomic mass is 10.3. The van der Waals surface area contributed by atoms with E-state index in [0.29, 0.717) is 16.6 Å². The fourth-order valence-corrected chi connectivity index (χ4v) is 1.84. The standard InChI is InChI=1S/C11H7Cl3N2O/c12-7-2-1-3-8(4-7)17-6-11-15-9(13)5-10(14)16-11/h1-5H,6H2. The Morgan fingerprint density at radius 3 is 2.35 bits per heavy atom. The molecule has 0 aliphatic heterocycles. The van der Waals surface area contributed by atoms with E-state index in [1.807, 2.05) is 0 Å². The molecule has 0 radical (unpaired) electrons. The Hall–Kier alpha value is -1.03. The maximum absolute atomic E-state index is 5.82. The van der Waals surface area contributed by atoms with Crippen molar-refractivity contribution in [3.63, 3.8) is 0 Å². The minimum atomic E-state index is 0.181. The summed E-state index contributed by atoms with van der Waals surface area (Å²) in [5.74, 6) is 1.06. The van der Waals surface area contributed by atoms with Crippen LogP contribution < -0.4 is 4.74 Å². The van der Waals surface area contributed by atoms with Gasteiger partial charge in [0, 0.05) is 11.1 Å². The predicted octanol–water partition coefficient (Wildman–Crippen LogP) is 4.02. The number of halogens is 3. The zero-order valence-corrected chi connectivity index (χ0v) is 10.8. The van der Waals surface area contributed by atoms with Gasteiger partial charge in [-0.05, 0) is 18.2 Å². The smallest absolute Gasteiger partial charge is 0.169 e. The van der Waals surface area contributed by atoms with Crippen LogP contribution in [0.5, 0.6) is 5.75 Å². The molecule has 0 N–H and O–H groups in total. The van der Waals surface area contributed by atoms with Gasteiger partial charge in [-0.1, -0.05) is 40.9 Å². The van der Waals surface area contributed by atoms with E-state index >= 15 is 0 Å². The van der Waals surface area contributed by atoms with E-state index in [4.69, 9.17) is 39.5 Å². The summed E-state index contributed by atoms with van der Waals surface area (Å²) in [5.41, 5.74) is 0. The number of rotatable bonds is 3. The third-order valence-electron chi connectivity index (χ3n) is 1.87. The third kappa shape index (κ3) is 3.73. The van der Waals surface area contributed by atoms with Crippen LogP contribution in [-0.2, 0) is 6.61 Å². The van der Waals surface area contributed by atoms with Crippen molar-refractivity contribution < 1.29 is 4.74 Å². The van der Waals surface area contributed by atoms with E-state index in [-0.39, 0.29) is 16.9 Å². The molecule has 0 aliphatic carbocycles. The Labute approximate surface area is 113 Å². The van der Waals surface area contributed by atoms with Gasteiger partial charge < -0.3 is 4.74 Å². The van der Waals surface area contributed by atoms with E-state index in [0.717, 1.165) is 0 Å². The van der Waals surface area contributed by atoms with Gasteiger partial charge in [0.05, 0.1) is 0 Å². The number of hydrogen-bond donors (Lipinski definition) is 0. The Morgan fingerprint density at radius 2 is 1.71 bits per heavy atom. The number of aromatic nitrogens is 2. The quantitative estimate of drug-likeness (QED) is 0.801. The average Bonchev–Trinajstić information content (AvgIpc) is 2.25. The van der Waals surface area contributed by atoms with E-state index in [9.17, 15) is 0 Å².